The summed E-state index contributed by atoms with van der Waals surface area (Å²) in [6.45, 7) is 9.24. The van der Waals surface area contributed by atoms with Crippen molar-refractivity contribution >= 4 is 29.9 Å². The molecule has 0 bridgehead atoms. The molecule has 3 heterocycles. The van der Waals surface area contributed by atoms with Gasteiger partial charge in [-0.05, 0) is 57.1 Å². The van der Waals surface area contributed by atoms with Crippen LogP contribution in [0.25, 0.3) is 0 Å². The molecule has 6 heteroatoms. The Labute approximate surface area is 168 Å². The second kappa shape index (κ2) is 10.4. The van der Waals surface area contributed by atoms with Gasteiger partial charge < -0.3 is 19.4 Å². The summed E-state index contributed by atoms with van der Waals surface area (Å²) in [4.78, 5) is 7.29. The monoisotopic (exact) mass is 461 g/mol. The number of rotatable bonds is 5. The molecule has 1 aromatic rings. The van der Waals surface area contributed by atoms with Crippen molar-refractivity contribution in [2.24, 2.45) is 16.8 Å². The van der Waals surface area contributed by atoms with E-state index in [0.717, 1.165) is 62.8 Å². The number of nitrogens with zero attached hydrogens (tertiary/aromatic N) is 2. The number of likely N-dealkylation sites (tertiary alicyclic amines) is 1. The summed E-state index contributed by atoms with van der Waals surface area (Å²) in [5, 5.41) is 3.55. The average Bonchev–Trinajstić information content (AvgIpc) is 3.26. The predicted molar refractivity (Wildman–Crippen MR) is 112 cm³/mol. The molecule has 2 saturated heterocycles. The van der Waals surface area contributed by atoms with E-state index in [1.54, 1.807) is 6.26 Å². The summed E-state index contributed by atoms with van der Waals surface area (Å²) < 4.78 is 10.9. The molecule has 2 aliphatic heterocycles. The van der Waals surface area contributed by atoms with Gasteiger partial charge in [-0.15, -0.1) is 24.0 Å². The smallest absolute Gasteiger partial charge is 0.194 e. The van der Waals surface area contributed by atoms with Crippen LogP contribution in [-0.2, 0) is 11.2 Å². The van der Waals surface area contributed by atoms with Crippen LogP contribution in [-0.4, -0.2) is 49.7 Å². The number of halogens is 1. The zero-order chi connectivity index (χ0) is 16.8. The van der Waals surface area contributed by atoms with Gasteiger partial charge in [0.25, 0.3) is 0 Å². The van der Waals surface area contributed by atoms with Crippen LogP contribution in [0.3, 0.4) is 0 Å². The summed E-state index contributed by atoms with van der Waals surface area (Å²) in [5.41, 5.74) is 0. The lowest BCUT2D eigenvalue weighted by atomic mass is 9.85. The van der Waals surface area contributed by atoms with Crippen LogP contribution < -0.4 is 5.32 Å². The number of ether oxygens (including phenoxy) is 1. The molecular weight excluding hydrogens is 429 g/mol. The van der Waals surface area contributed by atoms with Crippen LogP contribution in [0.2, 0.25) is 0 Å². The second-order valence-electron chi connectivity index (χ2n) is 7.28. The molecule has 2 aliphatic rings. The van der Waals surface area contributed by atoms with Gasteiger partial charge in [-0.2, -0.15) is 0 Å². The van der Waals surface area contributed by atoms with Crippen molar-refractivity contribution in [3.63, 3.8) is 0 Å². The van der Waals surface area contributed by atoms with E-state index in [-0.39, 0.29) is 24.0 Å². The Balaban J connectivity index is 0.00000225. The van der Waals surface area contributed by atoms with Crippen molar-refractivity contribution in [1.29, 1.82) is 0 Å². The quantitative estimate of drug-likeness (QED) is 0.414. The van der Waals surface area contributed by atoms with Crippen LogP contribution >= 0.6 is 24.0 Å². The van der Waals surface area contributed by atoms with E-state index in [1.165, 1.54) is 19.3 Å². The Morgan fingerprint density at radius 1 is 1.28 bits per heavy atom. The third-order valence-electron chi connectivity index (χ3n) is 5.07. The van der Waals surface area contributed by atoms with Gasteiger partial charge in [-0.1, -0.05) is 0 Å². The molecule has 3 rings (SSSR count). The number of guanidine groups is 1. The lowest BCUT2D eigenvalue weighted by Crippen LogP contribution is -2.43. The highest BCUT2D eigenvalue weighted by molar-refractivity contribution is 14.0. The summed E-state index contributed by atoms with van der Waals surface area (Å²) in [6.07, 6.45) is 6.31. The first-order valence-corrected chi connectivity index (χ1v) is 9.38. The molecule has 0 amide bonds. The van der Waals surface area contributed by atoms with Crippen molar-refractivity contribution in [2.75, 3.05) is 32.8 Å². The molecule has 25 heavy (non-hydrogen) atoms. The lowest BCUT2D eigenvalue weighted by Gasteiger charge is -2.28. The molecule has 1 N–H and O–H groups in total. The Morgan fingerprint density at radius 3 is 2.76 bits per heavy atom. The van der Waals surface area contributed by atoms with Gasteiger partial charge in [0.05, 0.1) is 6.26 Å². The molecule has 1 aromatic heterocycles. The van der Waals surface area contributed by atoms with Crippen LogP contribution in [0, 0.1) is 11.8 Å². The molecular formula is C19H32IN3O2. The van der Waals surface area contributed by atoms with Crippen LogP contribution in [0.5, 0.6) is 0 Å². The number of furan rings is 1. The molecule has 0 aromatic carbocycles. The average molecular weight is 461 g/mol. The number of aliphatic imine (C=N–C) groups is 1. The van der Waals surface area contributed by atoms with Crippen LogP contribution in [0.1, 0.15) is 38.9 Å². The Kier molecular flexibility index (Phi) is 8.55. The molecule has 0 aliphatic carbocycles. The maximum absolute atomic E-state index is 5.52. The molecule has 2 fully saturated rings. The van der Waals surface area contributed by atoms with Crippen LogP contribution in [0.15, 0.2) is 27.8 Å². The van der Waals surface area contributed by atoms with Gasteiger partial charge in [0.2, 0.25) is 0 Å². The van der Waals surface area contributed by atoms with Gasteiger partial charge in [0, 0.05) is 45.3 Å². The van der Waals surface area contributed by atoms with Crippen molar-refractivity contribution in [3.05, 3.63) is 24.2 Å². The maximum Gasteiger partial charge on any atom is 0.194 e. The minimum absolute atomic E-state index is 0. The SMILES string of the molecule is CC(C)NC(=NCCc1ccco1)N1CCC(C2CCOCC2)C1.I. The molecule has 0 spiro atoms. The Morgan fingerprint density at radius 2 is 2.08 bits per heavy atom. The molecule has 1 unspecified atom stereocenters. The van der Waals surface area contributed by atoms with E-state index >= 15 is 0 Å². The fourth-order valence-corrected chi connectivity index (χ4v) is 3.77. The fraction of sp³-hybridized carbons (Fsp3) is 0.737. The van der Waals surface area contributed by atoms with Crippen LogP contribution in [0.4, 0.5) is 0 Å². The Bertz CT molecular complexity index is 513. The number of hydrogen-bond acceptors (Lipinski definition) is 3. The zero-order valence-corrected chi connectivity index (χ0v) is 17.8. The van der Waals surface area contributed by atoms with Gasteiger partial charge >= 0.3 is 0 Å². The lowest BCUT2D eigenvalue weighted by molar-refractivity contribution is 0.0488. The topological polar surface area (TPSA) is 50.0 Å². The van der Waals surface area contributed by atoms with E-state index in [4.69, 9.17) is 14.1 Å². The van der Waals surface area contributed by atoms with Gasteiger partial charge in [-0.25, -0.2) is 0 Å². The van der Waals surface area contributed by atoms with E-state index in [1.807, 2.05) is 12.1 Å². The largest absolute Gasteiger partial charge is 0.469 e. The molecule has 0 saturated carbocycles. The maximum atomic E-state index is 5.52. The third kappa shape index (κ3) is 6.16. The van der Waals surface area contributed by atoms with E-state index in [9.17, 15) is 0 Å². The summed E-state index contributed by atoms with van der Waals surface area (Å²) >= 11 is 0. The highest BCUT2D eigenvalue weighted by Gasteiger charge is 2.32. The summed E-state index contributed by atoms with van der Waals surface area (Å²) in [6, 6.07) is 4.35. The standard InChI is InChI=1S/C19H31N3O2.HI/c1-15(2)21-19(20-9-5-18-4-3-11-24-18)22-10-6-17(14-22)16-7-12-23-13-8-16;/h3-4,11,15-17H,5-10,12-14H2,1-2H3,(H,20,21);1H. The second-order valence-corrected chi connectivity index (χ2v) is 7.28. The first-order valence-electron chi connectivity index (χ1n) is 9.38. The van der Waals surface area contributed by atoms with E-state index < -0.39 is 0 Å². The minimum atomic E-state index is 0. The van der Waals surface area contributed by atoms with Gasteiger partial charge in [0.1, 0.15) is 5.76 Å². The molecule has 0 radical (unpaired) electrons. The van der Waals surface area contributed by atoms with Crippen molar-refractivity contribution in [2.45, 2.75) is 45.6 Å². The van der Waals surface area contributed by atoms with Crippen molar-refractivity contribution < 1.29 is 9.15 Å². The Hall–Kier alpha value is -0.760. The molecule has 5 nitrogen and oxygen atoms in total. The zero-order valence-electron chi connectivity index (χ0n) is 15.4. The van der Waals surface area contributed by atoms with Crippen molar-refractivity contribution in [3.8, 4) is 0 Å². The highest BCUT2D eigenvalue weighted by atomic mass is 127. The fourth-order valence-electron chi connectivity index (χ4n) is 3.77. The third-order valence-corrected chi connectivity index (χ3v) is 5.07. The van der Waals surface area contributed by atoms with E-state index in [0.29, 0.717) is 6.04 Å². The summed E-state index contributed by atoms with van der Waals surface area (Å²) in [5.74, 6) is 3.68. The first-order chi connectivity index (χ1) is 11.7. The first kappa shape index (κ1) is 20.6. The van der Waals surface area contributed by atoms with Gasteiger partial charge in [0.15, 0.2) is 5.96 Å². The normalized spacial score (nSPS) is 22.3. The molecule has 142 valence electrons. The predicted octanol–water partition coefficient (Wildman–Crippen LogP) is 3.54. The van der Waals surface area contributed by atoms with E-state index in [2.05, 4.69) is 24.1 Å². The van der Waals surface area contributed by atoms with Gasteiger partial charge in [-0.3, -0.25) is 4.99 Å². The minimum Gasteiger partial charge on any atom is -0.469 e. The number of nitrogens with one attached hydrogen (secondary N) is 1. The van der Waals surface area contributed by atoms with Crippen molar-refractivity contribution in [1.82, 2.24) is 10.2 Å². The summed E-state index contributed by atoms with van der Waals surface area (Å²) in [7, 11) is 0. The molecule has 1 atom stereocenters. The number of hydrogen-bond donors (Lipinski definition) is 1. The highest BCUT2D eigenvalue weighted by Crippen LogP contribution is 2.31.